The van der Waals surface area contributed by atoms with E-state index in [1.54, 1.807) is 4.90 Å². The average molecular weight is 331 g/mol. The monoisotopic (exact) mass is 331 g/mol. The summed E-state index contributed by atoms with van der Waals surface area (Å²) in [6, 6.07) is 9.47. The van der Waals surface area contributed by atoms with Crippen molar-refractivity contribution in [2.45, 2.75) is 57.1 Å². The number of aliphatic hydroxyl groups excluding tert-OH is 1. The molecule has 0 aromatic heterocycles. The molecule has 5 nitrogen and oxygen atoms in total. The second kappa shape index (κ2) is 6.93. The van der Waals surface area contributed by atoms with Crippen molar-refractivity contribution >= 4 is 11.9 Å². The maximum atomic E-state index is 12.7. The fraction of sp³-hybridized carbons (Fsp3) is 0.579. The SMILES string of the molecule is O=C(CC1(C(=O)O)CCC1)N1CCCC1CC(O)c1ccccc1. The van der Waals surface area contributed by atoms with Gasteiger partial charge in [0, 0.05) is 19.0 Å². The smallest absolute Gasteiger partial charge is 0.310 e. The Bertz CT molecular complexity index is 597. The van der Waals surface area contributed by atoms with E-state index in [2.05, 4.69) is 0 Å². The normalized spacial score (nSPS) is 23.5. The summed E-state index contributed by atoms with van der Waals surface area (Å²) in [4.78, 5) is 26.0. The van der Waals surface area contributed by atoms with E-state index in [-0.39, 0.29) is 18.4 Å². The number of hydrogen-bond acceptors (Lipinski definition) is 3. The van der Waals surface area contributed by atoms with E-state index in [4.69, 9.17) is 0 Å². The molecule has 24 heavy (non-hydrogen) atoms. The standard InChI is InChI=1S/C19H25NO4/c21-16(14-6-2-1-3-7-14)12-15-8-4-11-20(15)17(22)13-19(18(23)24)9-5-10-19/h1-3,6-7,15-16,21H,4-5,8-13H2,(H,23,24). The summed E-state index contributed by atoms with van der Waals surface area (Å²) in [6.07, 6.45) is 3.87. The Balaban J connectivity index is 1.62. The minimum absolute atomic E-state index is 0.00127. The first-order chi connectivity index (χ1) is 11.5. The first-order valence-electron chi connectivity index (χ1n) is 8.78. The molecule has 0 bridgehead atoms. The molecule has 1 aliphatic carbocycles. The van der Waals surface area contributed by atoms with Crippen LogP contribution >= 0.6 is 0 Å². The van der Waals surface area contributed by atoms with Crippen LogP contribution < -0.4 is 0 Å². The zero-order valence-corrected chi connectivity index (χ0v) is 13.9. The van der Waals surface area contributed by atoms with Crippen LogP contribution in [0.25, 0.3) is 0 Å². The zero-order chi connectivity index (χ0) is 17.2. The number of carbonyl (C=O) groups is 2. The molecule has 2 fully saturated rings. The highest BCUT2D eigenvalue weighted by molar-refractivity contribution is 5.86. The van der Waals surface area contributed by atoms with Crippen molar-refractivity contribution in [3.05, 3.63) is 35.9 Å². The van der Waals surface area contributed by atoms with Gasteiger partial charge in [0.25, 0.3) is 0 Å². The number of aliphatic hydroxyl groups is 1. The second-order valence-corrected chi connectivity index (χ2v) is 7.16. The van der Waals surface area contributed by atoms with Gasteiger partial charge in [0.2, 0.25) is 5.91 Å². The highest BCUT2D eigenvalue weighted by atomic mass is 16.4. The molecule has 1 saturated heterocycles. The molecule has 1 aromatic carbocycles. The Kier molecular flexibility index (Phi) is 4.90. The number of likely N-dealkylation sites (tertiary alicyclic amines) is 1. The third kappa shape index (κ3) is 3.31. The third-order valence-corrected chi connectivity index (χ3v) is 5.63. The molecule has 3 rings (SSSR count). The molecule has 1 saturated carbocycles. The molecule has 1 aliphatic heterocycles. The van der Waals surface area contributed by atoms with Gasteiger partial charge in [-0.3, -0.25) is 9.59 Å². The summed E-state index contributed by atoms with van der Waals surface area (Å²) < 4.78 is 0. The van der Waals surface area contributed by atoms with E-state index in [1.165, 1.54) is 0 Å². The molecule has 2 atom stereocenters. The topological polar surface area (TPSA) is 77.8 Å². The van der Waals surface area contributed by atoms with Crippen molar-refractivity contribution in [3.8, 4) is 0 Å². The number of carboxylic acid groups (broad SMARTS) is 1. The lowest BCUT2D eigenvalue weighted by Crippen LogP contribution is -2.45. The number of rotatable bonds is 6. The van der Waals surface area contributed by atoms with Crippen molar-refractivity contribution < 1.29 is 19.8 Å². The molecule has 2 aliphatic rings. The maximum Gasteiger partial charge on any atom is 0.310 e. The Labute approximate surface area is 142 Å². The van der Waals surface area contributed by atoms with Gasteiger partial charge in [-0.1, -0.05) is 36.8 Å². The third-order valence-electron chi connectivity index (χ3n) is 5.63. The van der Waals surface area contributed by atoms with Gasteiger partial charge in [-0.15, -0.1) is 0 Å². The Morgan fingerprint density at radius 3 is 2.50 bits per heavy atom. The lowest BCUT2D eigenvalue weighted by molar-refractivity contribution is -0.159. The Hall–Kier alpha value is -1.88. The van der Waals surface area contributed by atoms with Crippen LogP contribution in [-0.4, -0.2) is 39.6 Å². The van der Waals surface area contributed by atoms with E-state index >= 15 is 0 Å². The largest absolute Gasteiger partial charge is 0.481 e. The van der Waals surface area contributed by atoms with Crippen molar-refractivity contribution in [1.82, 2.24) is 4.90 Å². The minimum Gasteiger partial charge on any atom is -0.481 e. The molecule has 1 aromatic rings. The van der Waals surface area contributed by atoms with Crippen LogP contribution in [-0.2, 0) is 9.59 Å². The fourth-order valence-corrected chi connectivity index (χ4v) is 3.94. The number of amides is 1. The molecular formula is C19H25NO4. The highest BCUT2D eigenvalue weighted by Gasteiger charge is 2.47. The van der Waals surface area contributed by atoms with E-state index in [9.17, 15) is 19.8 Å². The first kappa shape index (κ1) is 17.0. The lowest BCUT2D eigenvalue weighted by atomic mass is 9.66. The summed E-state index contributed by atoms with van der Waals surface area (Å²) in [6.45, 7) is 0.667. The molecule has 130 valence electrons. The molecule has 5 heteroatoms. The van der Waals surface area contributed by atoms with Crippen LogP contribution in [0.3, 0.4) is 0 Å². The number of carbonyl (C=O) groups excluding carboxylic acids is 1. The molecule has 0 spiro atoms. The van der Waals surface area contributed by atoms with Crippen molar-refractivity contribution in [2.75, 3.05) is 6.54 Å². The summed E-state index contributed by atoms with van der Waals surface area (Å²) in [5.41, 5.74) is 0.0141. The number of carboxylic acids is 1. The van der Waals surface area contributed by atoms with Crippen molar-refractivity contribution in [1.29, 1.82) is 0 Å². The van der Waals surface area contributed by atoms with Gasteiger partial charge in [-0.25, -0.2) is 0 Å². The van der Waals surface area contributed by atoms with Gasteiger partial charge < -0.3 is 15.1 Å². The molecule has 0 radical (unpaired) electrons. The van der Waals surface area contributed by atoms with E-state index in [0.29, 0.717) is 25.8 Å². The quantitative estimate of drug-likeness (QED) is 0.840. The predicted molar refractivity (Wildman–Crippen MR) is 89.3 cm³/mol. The average Bonchev–Trinajstić information content (AvgIpc) is 2.99. The first-order valence-corrected chi connectivity index (χ1v) is 8.78. The van der Waals surface area contributed by atoms with Gasteiger partial charge in [0.1, 0.15) is 0 Å². The molecular weight excluding hydrogens is 306 g/mol. The van der Waals surface area contributed by atoms with Crippen LogP contribution in [0.15, 0.2) is 30.3 Å². The van der Waals surface area contributed by atoms with E-state index in [0.717, 1.165) is 24.8 Å². The van der Waals surface area contributed by atoms with Gasteiger partial charge in [-0.05, 0) is 37.7 Å². The van der Waals surface area contributed by atoms with Crippen LogP contribution in [0.4, 0.5) is 0 Å². The van der Waals surface area contributed by atoms with Crippen LogP contribution in [0.2, 0.25) is 0 Å². The molecule has 1 amide bonds. The minimum atomic E-state index is -0.845. The van der Waals surface area contributed by atoms with Gasteiger partial charge in [0.05, 0.1) is 11.5 Å². The van der Waals surface area contributed by atoms with Crippen LogP contribution in [0, 0.1) is 5.41 Å². The van der Waals surface area contributed by atoms with Gasteiger partial charge >= 0.3 is 5.97 Å². The van der Waals surface area contributed by atoms with Crippen LogP contribution in [0.1, 0.15) is 56.6 Å². The lowest BCUT2D eigenvalue weighted by Gasteiger charge is -2.39. The highest BCUT2D eigenvalue weighted by Crippen LogP contribution is 2.45. The molecule has 2 N–H and O–H groups in total. The van der Waals surface area contributed by atoms with Crippen molar-refractivity contribution in [3.63, 3.8) is 0 Å². The summed E-state index contributed by atoms with van der Waals surface area (Å²) in [5.74, 6) is -0.915. The number of benzene rings is 1. The zero-order valence-electron chi connectivity index (χ0n) is 13.9. The van der Waals surface area contributed by atoms with Gasteiger partial charge in [0.15, 0.2) is 0 Å². The van der Waals surface area contributed by atoms with E-state index in [1.807, 2.05) is 30.3 Å². The molecule has 2 unspecified atom stereocenters. The summed E-state index contributed by atoms with van der Waals surface area (Å²) in [5, 5.41) is 19.9. The van der Waals surface area contributed by atoms with Crippen LogP contribution in [0.5, 0.6) is 0 Å². The summed E-state index contributed by atoms with van der Waals surface area (Å²) in [7, 11) is 0. The second-order valence-electron chi connectivity index (χ2n) is 7.16. The Morgan fingerprint density at radius 1 is 1.21 bits per heavy atom. The van der Waals surface area contributed by atoms with Gasteiger partial charge in [-0.2, -0.15) is 0 Å². The Morgan fingerprint density at radius 2 is 1.92 bits per heavy atom. The molecule has 1 heterocycles. The maximum absolute atomic E-state index is 12.7. The number of hydrogen-bond donors (Lipinski definition) is 2. The summed E-state index contributed by atoms with van der Waals surface area (Å²) >= 11 is 0. The fourth-order valence-electron chi connectivity index (χ4n) is 3.94. The van der Waals surface area contributed by atoms with E-state index < -0.39 is 17.5 Å². The predicted octanol–water partition coefficient (Wildman–Crippen LogP) is 2.75. The number of aliphatic carboxylic acids is 1. The number of nitrogens with zero attached hydrogens (tertiary/aromatic N) is 1. The van der Waals surface area contributed by atoms with Crippen molar-refractivity contribution in [2.24, 2.45) is 5.41 Å².